The summed E-state index contributed by atoms with van der Waals surface area (Å²) in [7, 11) is 0. The molecule has 10 nitrogen and oxygen atoms in total. The second-order valence-electron chi connectivity index (χ2n) is 7.73. The minimum Gasteiger partial charge on any atom is -0.364 e. The van der Waals surface area contributed by atoms with Crippen molar-refractivity contribution in [2.24, 2.45) is 5.73 Å². The molecular weight excluding hydrogens is 370 g/mol. The minimum absolute atomic E-state index is 0.145. The first-order valence-electron chi connectivity index (χ1n) is 9.89. The number of carbonyl (C=O) groups excluding carboxylic acids is 1. The summed E-state index contributed by atoms with van der Waals surface area (Å²) >= 11 is 0. The first kappa shape index (κ1) is 19.1. The molecule has 2 bridgehead atoms. The largest absolute Gasteiger partial charge is 0.364 e. The number of aryl methyl sites for hydroxylation is 1. The van der Waals surface area contributed by atoms with Crippen molar-refractivity contribution in [2.45, 2.75) is 57.2 Å². The highest BCUT2D eigenvalue weighted by atomic mass is 16.1. The molecule has 10 heteroatoms. The van der Waals surface area contributed by atoms with Gasteiger partial charge in [0.2, 0.25) is 5.95 Å². The highest BCUT2D eigenvalue weighted by molar-refractivity contribution is 5.92. The van der Waals surface area contributed by atoms with Gasteiger partial charge in [0.25, 0.3) is 5.91 Å². The molecule has 2 saturated heterocycles. The van der Waals surface area contributed by atoms with Gasteiger partial charge in [-0.05, 0) is 32.6 Å². The van der Waals surface area contributed by atoms with Crippen molar-refractivity contribution in [1.29, 1.82) is 5.26 Å². The number of nitrogens with zero attached hydrogens (tertiary/aromatic N) is 5. The molecule has 29 heavy (non-hydrogen) atoms. The van der Waals surface area contributed by atoms with Gasteiger partial charge in [0.1, 0.15) is 11.5 Å². The predicted octanol–water partition coefficient (Wildman–Crippen LogP) is 1.67. The number of nitrogens with one attached hydrogen (secondary N) is 3. The fourth-order valence-corrected chi connectivity index (χ4v) is 4.43. The molecular formula is C19H25N9O. The number of carbonyl (C=O) groups is 1. The zero-order chi connectivity index (χ0) is 20.4. The third kappa shape index (κ3) is 4.30. The number of primary amides is 1. The highest BCUT2D eigenvalue weighted by Crippen LogP contribution is 2.36. The lowest BCUT2D eigenvalue weighted by atomic mass is 9.97. The Morgan fingerprint density at radius 1 is 1.31 bits per heavy atom. The Hall–Kier alpha value is -3.19. The molecule has 0 spiro atoms. The van der Waals surface area contributed by atoms with Gasteiger partial charge in [-0.25, -0.2) is 4.98 Å². The second kappa shape index (κ2) is 8.05. The van der Waals surface area contributed by atoms with Crippen molar-refractivity contribution >= 4 is 23.5 Å². The van der Waals surface area contributed by atoms with E-state index < -0.39 is 5.91 Å². The minimum atomic E-state index is -0.608. The summed E-state index contributed by atoms with van der Waals surface area (Å²) in [5.41, 5.74) is 6.52. The third-order valence-electron chi connectivity index (χ3n) is 5.64. The molecule has 2 aliphatic heterocycles. The molecule has 0 aromatic carbocycles. The van der Waals surface area contributed by atoms with Crippen LogP contribution < -0.4 is 16.4 Å². The lowest BCUT2D eigenvalue weighted by molar-refractivity contribution is 0.0995. The summed E-state index contributed by atoms with van der Waals surface area (Å²) in [4.78, 5) is 23.0. The van der Waals surface area contributed by atoms with Crippen molar-refractivity contribution in [3.63, 3.8) is 0 Å². The van der Waals surface area contributed by atoms with Crippen molar-refractivity contribution in [3.05, 3.63) is 23.5 Å². The van der Waals surface area contributed by atoms with E-state index in [-0.39, 0.29) is 11.7 Å². The predicted molar refractivity (Wildman–Crippen MR) is 108 cm³/mol. The summed E-state index contributed by atoms with van der Waals surface area (Å²) in [5, 5.41) is 22.3. The third-order valence-corrected chi connectivity index (χ3v) is 5.64. The first-order valence-corrected chi connectivity index (χ1v) is 9.89. The van der Waals surface area contributed by atoms with Crippen LogP contribution in [0.2, 0.25) is 0 Å². The van der Waals surface area contributed by atoms with Crippen LogP contribution in [0.5, 0.6) is 0 Å². The van der Waals surface area contributed by atoms with Gasteiger partial charge < -0.3 is 16.4 Å². The van der Waals surface area contributed by atoms with Gasteiger partial charge in [0.05, 0.1) is 6.07 Å². The molecule has 0 saturated carbocycles. The van der Waals surface area contributed by atoms with Gasteiger partial charge in [0, 0.05) is 48.9 Å². The zero-order valence-electron chi connectivity index (χ0n) is 16.4. The average Bonchev–Trinajstić information content (AvgIpc) is 3.19. The molecule has 2 aliphatic rings. The van der Waals surface area contributed by atoms with E-state index in [2.05, 4.69) is 41.8 Å². The van der Waals surface area contributed by atoms with Crippen LogP contribution in [-0.2, 0) is 0 Å². The summed E-state index contributed by atoms with van der Waals surface area (Å²) in [6.07, 6.45) is 4.81. The summed E-state index contributed by atoms with van der Waals surface area (Å²) < 4.78 is 0. The summed E-state index contributed by atoms with van der Waals surface area (Å²) in [5.74, 6) is 0.831. The van der Waals surface area contributed by atoms with E-state index in [1.807, 2.05) is 13.0 Å². The van der Waals surface area contributed by atoms with Crippen molar-refractivity contribution in [1.82, 2.24) is 25.1 Å². The molecule has 4 rings (SSSR count). The Kier molecular flexibility index (Phi) is 5.31. The van der Waals surface area contributed by atoms with Gasteiger partial charge in [-0.3, -0.25) is 14.8 Å². The van der Waals surface area contributed by atoms with Crippen molar-refractivity contribution in [3.8, 4) is 6.07 Å². The Morgan fingerprint density at radius 3 is 2.69 bits per heavy atom. The van der Waals surface area contributed by atoms with E-state index in [9.17, 15) is 4.79 Å². The first-order chi connectivity index (χ1) is 14.0. The Morgan fingerprint density at radius 2 is 2.07 bits per heavy atom. The Labute approximate surface area is 168 Å². The van der Waals surface area contributed by atoms with Crippen LogP contribution >= 0.6 is 0 Å². The fourth-order valence-electron chi connectivity index (χ4n) is 4.43. The number of fused-ring (bicyclic) bond motifs is 2. The van der Waals surface area contributed by atoms with Crippen LogP contribution in [0, 0.1) is 18.3 Å². The topological polar surface area (TPSA) is 149 Å². The van der Waals surface area contributed by atoms with Crippen LogP contribution in [0.3, 0.4) is 0 Å². The Balaban J connectivity index is 1.48. The standard InChI is InChI=1S/C19H25N9O/c1-11-7-17(27-26-11)24-16-10-15(18(21)29)23-19(25-16)22-12-8-13-3-4-14(9-12)28(13)6-2-5-20/h7,10,12-14H,2-4,6,8-9H2,1H3,(H2,21,29)(H3,22,23,24,25,26,27)/t12-,13-,14+. The number of anilines is 3. The highest BCUT2D eigenvalue weighted by Gasteiger charge is 2.40. The van der Waals surface area contributed by atoms with Crippen LogP contribution in [0.25, 0.3) is 0 Å². The lowest BCUT2D eigenvalue weighted by Crippen LogP contribution is -2.47. The number of hydrogen-bond donors (Lipinski definition) is 4. The van der Waals surface area contributed by atoms with Crippen LogP contribution in [0.15, 0.2) is 12.1 Å². The second-order valence-corrected chi connectivity index (χ2v) is 7.73. The fraction of sp³-hybridized carbons (Fsp3) is 0.526. The molecule has 0 aliphatic carbocycles. The molecule has 2 aromatic rings. The maximum absolute atomic E-state index is 11.7. The number of nitrogens with two attached hydrogens (primary N) is 1. The summed E-state index contributed by atoms with van der Waals surface area (Å²) in [6, 6.07) is 6.77. The van der Waals surface area contributed by atoms with Gasteiger partial charge in [-0.2, -0.15) is 15.3 Å². The summed E-state index contributed by atoms with van der Waals surface area (Å²) in [6.45, 7) is 2.74. The lowest BCUT2D eigenvalue weighted by Gasteiger charge is -2.38. The maximum atomic E-state index is 11.7. The molecule has 5 N–H and O–H groups in total. The molecule has 2 aromatic heterocycles. The Bertz CT molecular complexity index is 920. The van der Waals surface area contributed by atoms with Crippen LogP contribution in [0.1, 0.15) is 48.3 Å². The number of aromatic nitrogens is 4. The zero-order valence-corrected chi connectivity index (χ0v) is 16.4. The van der Waals surface area contributed by atoms with Crippen molar-refractivity contribution < 1.29 is 4.79 Å². The normalized spacial score (nSPS) is 23.5. The molecule has 1 amide bonds. The number of aromatic amines is 1. The molecule has 3 atom stereocenters. The smallest absolute Gasteiger partial charge is 0.267 e. The number of amides is 1. The number of rotatable bonds is 7. The van der Waals surface area contributed by atoms with E-state index in [1.54, 1.807) is 0 Å². The number of piperidine rings is 1. The van der Waals surface area contributed by atoms with E-state index >= 15 is 0 Å². The van der Waals surface area contributed by atoms with Crippen molar-refractivity contribution in [2.75, 3.05) is 17.2 Å². The molecule has 4 heterocycles. The van der Waals surface area contributed by atoms with E-state index in [4.69, 9.17) is 11.0 Å². The number of hydrogen-bond acceptors (Lipinski definition) is 8. The number of nitriles is 1. The van der Waals surface area contributed by atoms with E-state index in [0.29, 0.717) is 36.1 Å². The number of H-pyrrole nitrogens is 1. The average molecular weight is 395 g/mol. The van der Waals surface area contributed by atoms with Gasteiger partial charge in [-0.1, -0.05) is 0 Å². The molecule has 152 valence electrons. The monoisotopic (exact) mass is 395 g/mol. The van der Waals surface area contributed by atoms with E-state index in [1.165, 1.54) is 6.07 Å². The SMILES string of the molecule is Cc1cc(Nc2cc(C(N)=O)nc(N[C@@H]3C[C@H]4CC[C@@H](C3)N4CCC#N)n2)n[nH]1. The maximum Gasteiger partial charge on any atom is 0.267 e. The van der Waals surface area contributed by atoms with Gasteiger partial charge in [0.15, 0.2) is 5.82 Å². The quantitative estimate of drug-likeness (QED) is 0.553. The van der Waals surface area contributed by atoms with E-state index in [0.717, 1.165) is 37.9 Å². The molecule has 0 unspecified atom stereocenters. The molecule has 0 radical (unpaired) electrons. The van der Waals surface area contributed by atoms with Gasteiger partial charge >= 0.3 is 0 Å². The molecule has 2 fully saturated rings. The van der Waals surface area contributed by atoms with Crippen LogP contribution in [0.4, 0.5) is 17.6 Å². The van der Waals surface area contributed by atoms with Gasteiger partial charge in [-0.15, -0.1) is 0 Å². The van der Waals surface area contributed by atoms with Crippen LogP contribution in [-0.4, -0.2) is 55.6 Å².